The highest BCUT2D eigenvalue weighted by Gasteiger charge is 2.40. The minimum Gasteiger partial charge on any atom is -0.0879 e. The summed E-state index contributed by atoms with van der Waals surface area (Å²) in [5.74, 6) is 2.09. The Morgan fingerprint density at radius 3 is 2.85 bits per heavy atom. The predicted molar refractivity (Wildman–Crippen MR) is 85.2 cm³/mol. The summed E-state index contributed by atoms with van der Waals surface area (Å²) in [6.45, 7) is 0. The summed E-state index contributed by atoms with van der Waals surface area (Å²) in [6, 6.07) is 0. The average Bonchev–Trinajstić information content (AvgIpc) is 2.68. The van der Waals surface area contributed by atoms with E-state index in [2.05, 4.69) is 54.7 Å². The van der Waals surface area contributed by atoms with Crippen LogP contribution in [0.25, 0.3) is 0 Å². The number of hydrogen-bond acceptors (Lipinski definition) is 0. The maximum atomic E-state index is 2.51. The predicted octanol–water partition coefficient (Wildman–Crippen LogP) is 5.29. The summed E-state index contributed by atoms with van der Waals surface area (Å²) >= 11 is 0. The van der Waals surface area contributed by atoms with E-state index in [1.807, 2.05) is 0 Å². The van der Waals surface area contributed by atoms with E-state index in [1.165, 1.54) is 25.7 Å². The van der Waals surface area contributed by atoms with Crippen molar-refractivity contribution >= 4 is 0 Å². The van der Waals surface area contributed by atoms with Crippen molar-refractivity contribution in [1.29, 1.82) is 0 Å². The van der Waals surface area contributed by atoms with Gasteiger partial charge in [0, 0.05) is 11.8 Å². The third-order valence-electron chi connectivity index (χ3n) is 5.25. The van der Waals surface area contributed by atoms with Crippen molar-refractivity contribution in [2.45, 2.75) is 32.1 Å². The minimum atomic E-state index is 0.643. The molecule has 0 heterocycles. The van der Waals surface area contributed by atoms with Gasteiger partial charge in [-0.3, -0.25) is 0 Å². The number of allylic oxidation sites excluding steroid dienone is 12. The standard InChI is InChI=1S/C20H22/c1-2-6-12-17-16(11-5-1)18-13-7-3-4-9-15-10-8-14-19(17)20(15)18/h3-5,7-9,11,13-14,16-17,19H,1-2,6,10,12H2/b4-3?,7-3?,9-4?,11-5-,13-7?,15-9-,18-13?. The molecule has 4 rings (SSSR count). The molecule has 3 unspecified atom stereocenters. The molecule has 0 aromatic carbocycles. The summed E-state index contributed by atoms with van der Waals surface area (Å²) in [6.07, 6.45) is 27.6. The van der Waals surface area contributed by atoms with Gasteiger partial charge in [0.25, 0.3) is 0 Å². The highest BCUT2D eigenvalue weighted by Crippen LogP contribution is 2.52. The number of hydrogen-bond donors (Lipinski definition) is 0. The summed E-state index contributed by atoms with van der Waals surface area (Å²) in [5.41, 5.74) is 4.79. The Morgan fingerprint density at radius 1 is 0.900 bits per heavy atom. The molecule has 0 fully saturated rings. The zero-order chi connectivity index (χ0) is 13.4. The van der Waals surface area contributed by atoms with Crippen LogP contribution in [-0.4, -0.2) is 0 Å². The first kappa shape index (κ1) is 12.2. The lowest BCUT2D eigenvalue weighted by Crippen LogP contribution is -2.18. The molecule has 0 radical (unpaired) electrons. The van der Waals surface area contributed by atoms with Crippen LogP contribution in [0.5, 0.6) is 0 Å². The van der Waals surface area contributed by atoms with Gasteiger partial charge in [-0.15, -0.1) is 0 Å². The molecule has 0 N–H and O–H groups in total. The lowest BCUT2D eigenvalue weighted by molar-refractivity contribution is 0.360. The molecule has 0 heteroatoms. The fourth-order valence-corrected chi connectivity index (χ4v) is 4.37. The van der Waals surface area contributed by atoms with Gasteiger partial charge in [0.2, 0.25) is 0 Å². The van der Waals surface area contributed by atoms with Crippen LogP contribution in [0.4, 0.5) is 0 Å². The topological polar surface area (TPSA) is 0 Å². The second-order valence-electron chi connectivity index (χ2n) is 6.37. The Hall–Kier alpha value is -1.56. The number of rotatable bonds is 0. The fourth-order valence-electron chi connectivity index (χ4n) is 4.37. The third-order valence-corrected chi connectivity index (χ3v) is 5.25. The van der Waals surface area contributed by atoms with E-state index in [4.69, 9.17) is 0 Å². The van der Waals surface area contributed by atoms with Crippen LogP contribution in [0.1, 0.15) is 32.1 Å². The van der Waals surface area contributed by atoms with Crippen LogP contribution in [0.15, 0.2) is 71.4 Å². The van der Waals surface area contributed by atoms with Gasteiger partial charge in [0.1, 0.15) is 0 Å². The van der Waals surface area contributed by atoms with E-state index in [1.54, 1.807) is 16.7 Å². The lowest BCUT2D eigenvalue weighted by atomic mass is 9.77. The molecule has 102 valence electrons. The van der Waals surface area contributed by atoms with Gasteiger partial charge in [-0.25, -0.2) is 0 Å². The molecular formula is C20H22. The van der Waals surface area contributed by atoms with Crippen LogP contribution in [0, 0.1) is 17.8 Å². The Labute approximate surface area is 122 Å². The summed E-state index contributed by atoms with van der Waals surface area (Å²) < 4.78 is 0. The molecule has 0 aromatic heterocycles. The van der Waals surface area contributed by atoms with Gasteiger partial charge >= 0.3 is 0 Å². The molecule has 0 saturated carbocycles. The molecule has 20 heavy (non-hydrogen) atoms. The van der Waals surface area contributed by atoms with Crippen LogP contribution in [0.3, 0.4) is 0 Å². The summed E-state index contributed by atoms with van der Waals surface area (Å²) in [4.78, 5) is 0. The lowest BCUT2D eigenvalue weighted by Gasteiger charge is -2.27. The molecule has 4 aliphatic carbocycles. The molecule has 0 nitrogen and oxygen atoms in total. The minimum absolute atomic E-state index is 0.643. The average molecular weight is 262 g/mol. The van der Waals surface area contributed by atoms with E-state index in [0.29, 0.717) is 11.8 Å². The van der Waals surface area contributed by atoms with Crippen molar-refractivity contribution in [3.8, 4) is 0 Å². The van der Waals surface area contributed by atoms with Crippen molar-refractivity contribution in [2.75, 3.05) is 0 Å². The van der Waals surface area contributed by atoms with Crippen molar-refractivity contribution in [2.24, 2.45) is 17.8 Å². The Bertz CT molecular complexity index is 577. The van der Waals surface area contributed by atoms with Crippen LogP contribution in [0.2, 0.25) is 0 Å². The summed E-state index contributed by atoms with van der Waals surface area (Å²) in [5, 5.41) is 0. The van der Waals surface area contributed by atoms with E-state index >= 15 is 0 Å². The highest BCUT2D eigenvalue weighted by molar-refractivity contribution is 5.55. The first-order valence-corrected chi connectivity index (χ1v) is 8.07. The molecule has 3 atom stereocenters. The van der Waals surface area contributed by atoms with Crippen molar-refractivity contribution in [3.63, 3.8) is 0 Å². The quantitative estimate of drug-likeness (QED) is 0.520. The molecule has 0 bridgehead atoms. The van der Waals surface area contributed by atoms with Crippen LogP contribution in [-0.2, 0) is 0 Å². The smallest absolute Gasteiger partial charge is 0.00609 e. The van der Waals surface area contributed by atoms with Gasteiger partial charge < -0.3 is 0 Å². The van der Waals surface area contributed by atoms with Crippen molar-refractivity contribution in [1.82, 2.24) is 0 Å². The van der Waals surface area contributed by atoms with Crippen molar-refractivity contribution in [3.05, 3.63) is 71.4 Å². The maximum absolute atomic E-state index is 2.51. The molecular weight excluding hydrogens is 240 g/mol. The Kier molecular flexibility index (Phi) is 3.10. The number of fused-ring (bicyclic) bond motifs is 3. The van der Waals surface area contributed by atoms with Crippen LogP contribution < -0.4 is 0 Å². The molecule has 0 amide bonds. The molecule has 4 aliphatic rings. The zero-order valence-corrected chi connectivity index (χ0v) is 12.0. The monoisotopic (exact) mass is 262 g/mol. The molecule has 0 aromatic rings. The zero-order valence-electron chi connectivity index (χ0n) is 12.0. The Balaban J connectivity index is 1.86. The second kappa shape index (κ2) is 5.09. The Morgan fingerprint density at radius 2 is 1.85 bits per heavy atom. The van der Waals surface area contributed by atoms with Gasteiger partial charge in [-0.05, 0) is 48.3 Å². The largest absolute Gasteiger partial charge is 0.0879 e. The van der Waals surface area contributed by atoms with E-state index in [-0.39, 0.29) is 0 Å². The molecule has 0 saturated heterocycles. The fraction of sp³-hybridized carbons (Fsp3) is 0.400. The van der Waals surface area contributed by atoms with Gasteiger partial charge in [-0.2, -0.15) is 0 Å². The van der Waals surface area contributed by atoms with Crippen LogP contribution >= 0.6 is 0 Å². The van der Waals surface area contributed by atoms with Gasteiger partial charge in [0.15, 0.2) is 0 Å². The first-order valence-electron chi connectivity index (χ1n) is 8.07. The highest BCUT2D eigenvalue weighted by atomic mass is 14.4. The molecule has 0 aliphatic heterocycles. The SMILES string of the molecule is C1=C/C=C2/CC=CC3C2=C(C=C1)C1/C=C\CCCCC31. The molecule has 0 spiro atoms. The van der Waals surface area contributed by atoms with E-state index < -0.39 is 0 Å². The second-order valence-corrected chi connectivity index (χ2v) is 6.37. The normalized spacial score (nSPS) is 39.0. The van der Waals surface area contributed by atoms with E-state index in [0.717, 1.165) is 12.3 Å². The van der Waals surface area contributed by atoms with E-state index in [9.17, 15) is 0 Å². The third kappa shape index (κ3) is 1.90. The van der Waals surface area contributed by atoms with Crippen molar-refractivity contribution < 1.29 is 0 Å². The van der Waals surface area contributed by atoms with Gasteiger partial charge in [0.05, 0.1) is 0 Å². The van der Waals surface area contributed by atoms with Gasteiger partial charge in [-0.1, -0.05) is 61.1 Å². The first-order chi connectivity index (χ1) is 9.95. The maximum Gasteiger partial charge on any atom is 0.00609 e. The summed E-state index contributed by atoms with van der Waals surface area (Å²) in [7, 11) is 0.